The molecule has 14 nitrogen and oxygen atoms in total. The largest absolute Gasteiger partial charge is 1.00 e. The topological polar surface area (TPSA) is 212 Å². The van der Waals surface area contributed by atoms with E-state index in [0.717, 1.165) is 66.1 Å². The number of carboxylic acids is 2. The van der Waals surface area contributed by atoms with Crippen molar-refractivity contribution in [3.63, 3.8) is 0 Å². The normalized spacial score (nSPS) is 9.36. The summed E-state index contributed by atoms with van der Waals surface area (Å²) in [6.45, 7) is 15.6. The van der Waals surface area contributed by atoms with E-state index in [0.29, 0.717) is 19.3 Å². The quantitative estimate of drug-likeness (QED) is 0.0888. The SMILES string of the molecule is C#CCCC(C)=O.C#CCCC(C)N(CCC)CC(=O)O.CC(=O)OB(OC(C)=O)OC(C)=O.CCCN.CCCNCC(=O)O.[H-].[Na+]. The minimum absolute atomic E-state index is 0. The molecular weight excluding hydrogens is 624 g/mol. The molecule has 0 aromatic heterocycles. The van der Waals surface area contributed by atoms with Crippen LogP contribution in [0.25, 0.3) is 0 Å². The van der Waals surface area contributed by atoms with Crippen molar-refractivity contribution in [3.8, 4) is 24.7 Å². The van der Waals surface area contributed by atoms with Gasteiger partial charge in [-0.3, -0.25) is 33.7 Å². The molecule has 0 saturated carbocycles. The number of hydrogen-bond donors (Lipinski definition) is 4. The molecule has 0 aromatic carbocycles. The van der Waals surface area contributed by atoms with Crippen molar-refractivity contribution >= 4 is 43.0 Å². The van der Waals surface area contributed by atoms with Crippen LogP contribution in [0.4, 0.5) is 0 Å². The van der Waals surface area contributed by atoms with Gasteiger partial charge in [-0.2, -0.15) is 0 Å². The van der Waals surface area contributed by atoms with Crippen molar-refractivity contribution in [1.82, 2.24) is 10.2 Å². The van der Waals surface area contributed by atoms with Crippen molar-refractivity contribution in [1.29, 1.82) is 0 Å². The first-order chi connectivity index (χ1) is 21.5. The number of ketones is 1. The average molecular weight is 682 g/mol. The number of nitrogens with one attached hydrogen (secondary N) is 1. The number of terminal acetylenes is 2. The minimum Gasteiger partial charge on any atom is -1.00 e. The van der Waals surface area contributed by atoms with Crippen LogP contribution in [-0.4, -0.2) is 96.8 Å². The van der Waals surface area contributed by atoms with Crippen LogP contribution < -0.4 is 40.6 Å². The first-order valence-electron chi connectivity index (χ1n) is 14.9. The average Bonchev–Trinajstić information content (AvgIpc) is 2.94. The molecule has 0 spiro atoms. The van der Waals surface area contributed by atoms with E-state index in [1.807, 2.05) is 25.7 Å². The fourth-order valence-corrected chi connectivity index (χ4v) is 2.49. The zero-order valence-electron chi connectivity index (χ0n) is 30.9. The summed E-state index contributed by atoms with van der Waals surface area (Å²) in [7, 11) is -1.59. The third kappa shape index (κ3) is 62.6. The maximum atomic E-state index is 10.6. The number of carbonyl (C=O) groups excluding carboxylic acids is 4. The summed E-state index contributed by atoms with van der Waals surface area (Å²) in [4.78, 5) is 63.7. The second-order valence-electron chi connectivity index (χ2n) is 9.34. The molecule has 0 rings (SSSR count). The van der Waals surface area contributed by atoms with Crippen LogP contribution in [0.15, 0.2) is 0 Å². The molecule has 16 heteroatoms. The smallest absolute Gasteiger partial charge is 1.00 e. The zero-order chi connectivity index (χ0) is 36.9. The maximum absolute atomic E-state index is 10.6. The first kappa shape index (κ1) is 56.4. The van der Waals surface area contributed by atoms with Crippen molar-refractivity contribution in [2.45, 2.75) is 106 Å². The molecule has 266 valence electrons. The van der Waals surface area contributed by atoms with E-state index >= 15 is 0 Å². The second kappa shape index (κ2) is 43.1. The third-order valence-corrected chi connectivity index (χ3v) is 4.58. The van der Waals surface area contributed by atoms with Gasteiger partial charge in [-0.25, -0.2) is 0 Å². The summed E-state index contributed by atoms with van der Waals surface area (Å²) >= 11 is 0. The van der Waals surface area contributed by atoms with Crippen molar-refractivity contribution in [2.75, 3.05) is 32.7 Å². The maximum Gasteiger partial charge on any atom is 1.00 e. The van der Waals surface area contributed by atoms with E-state index in [9.17, 15) is 28.8 Å². The monoisotopic (exact) mass is 681 g/mol. The van der Waals surface area contributed by atoms with Gasteiger partial charge in [0, 0.05) is 46.1 Å². The first-order valence-corrected chi connectivity index (χ1v) is 14.9. The molecule has 1 atom stereocenters. The number of nitrogens with zero attached hydrogens (tertiary/aromatic N) is 1. The van der Waals surface area contributed by atoms with Crippen LogP contribution in [0.1, 0.15) is 102 Å². The van der Waals surface area contributed by atoms with Crippen molar-refractivity contribution < 1.29 is 83.9 Å². The van der Waals surface area contributed by atoms with Crippen LogP contribution >= 0.6 is 0 Å². The van der Waals surface area contributed by atoms with Gasteiger partial charge in [-0.15, -0.1) is 24.7 Å². The summed E-state index contributed by atoms with van der Waals surface area (Å²) in [5, 5.41) is 19.5. The van der Waals surface area contributed by atoms with Gasteiger partial charge in [0.05, 0.1) is 13.1 Å². The molecule has 0 aromatic rings. The third-order valence-electron chi connectivity index (χ3n) is 4.58. The fraction of sp³-hybridized carbons (Fsp3) is 0.677. The predicted molar refractivity (Wildman–Crippen MR) is 178 cm³/mol. The van der Waals surface area contributed by atoms with Crippen LogP contribution in [0.3, 0.4) is 0 Å². The number of aliphatic carboxylic acids is 2. The summed E-state index contributed by atoms with van der Waals surface area (Å²) in [5.41, 5.74) is 5.03. The number of hydrogen-bond acceptors (Lipinski definition) is 12. The molecule has 0 aliphatic heterocycles. The van der Waals surface area contributed by atoms with Gasteiger partial charge < -0.3 is 36.7 Å². The van der Waals surface area contributed by atoms with Gasteiger partial charge in [0.2, 0.25) is 0 Å². The molecule has 5 N–H and O–H groups in total. The number of rotatable bonds is 17. The van der Waals surface area contributed by atoms with Gasteiger partial charge in [0.1, 0.15) is 5.78 Å². The number of carboxylic acid groups (broad SMARTS) is 2. The number of nitrogens with two attached hydrogens (primary N) is 1. The molecule has 0 aliphatic carbocycles. The van der Waals surface area contributed by atoms with Crippen LogP contribution in [0.2, 0.25) is 0 Å². The molecule has 0 bridgehead atoms. The van der Waals surface area contributed by atoms with Gasteiger partial charge in [-0.05, 0) is 59.2 Å². The second-order valence-corrected chi connectivity index (χ2v) is 9.34. The van der Waals surface area contributed by atoms with E-state index in [-0.39, 0.29) is 55.9 Å². The van der Waals surface area contributed by atoms with Crippen molar-refractivity contribution in [3.05, 3.63) is 0 Å². The van der Waals surface area contributed by atoms with Gasteiger partial charge in [-0.1, -0.05) is 20.8 Å². The van der Waals surface area contributed by atoms with E-state index in [4.69, 9.17) is 28.8 Å². The van der Waals surface area contributed by atoms with Crippen molar-refractivity contribution in [2.24, 2.45) is 5.73 Å². The Bertz CT molecular complexity index is 892. The molecule has 0 amide bonds. The Balaban J connectivity index is -0.0000000914. The van der Waals surface area contributed by atoms with Crippen LogP contribution in [-0.2, 0) is 42.7 Å². The predicted octanol–water partition coefficient (Wildman–Crippen LogP) is -0.223. The zero-order valence-corrected chi connectivity index (χ0v) is 31.9. The Kier molecular flexibility index (Phi) is 51.7. The summed E-state index contributed by atoms with van der Waals surface area (Å²) in [5.74, 6) is 1.41. The molecule has 0 radical (unpaired) electrons. The molecule has 47 heavy (non-hydrogen) atoms. The minimum atomic E-state index is -1.59. The number of Topliss-reactive ketones (excluding diaryl/α,β-unsaturated/α-hetero) is 1. The molecule has 0 aliphatic rings. The molecule has 0 fully saturated rings. The van der Waals surface area contributed by atoms with E-state index in [1.54, 1.807) is 0 Å². The van der Waals surface area contributed by atoms with Gasteiger partial charge >= 0.3 is 48.8 Å². The number of carbonyl (C=O) groups is 6. The van der Waals surface area contributed by atoms with Gasteiger partial charge in [0.15, 0.2) is 0 Å². The Labute approximate surface area is 305 Å². The molecule has 0 heterocycles. The Morgan fingerprint density at radius 3 is 1.55 bits per heavy atom. The summed E-state index contributed by atoms with van der Waals surface area (Å²) in [6, 6.07) is 0.252. The molecular formula is C31H57BN3NaO11. The Morgan fingerprint density at radius 2 is 1.30 bits per heavy atom. The van der Waals surface area contributed by atoms with Crippen LogP contribution in [0, 0.1) is 24.7 Å². The summed E-state index contributed by atoms with van der Waals surface area (Å²) < 4.78 is 13.0. The van der Waals surface area contributed by atoms with Crippen LogP contribution in [0.5, 0.6) is 0 Å². The molecule has 0 saturated heterocycles. The Hall–Kier alpha value is -2.92. The van der Waals surface area contributed by atoms with E-state index in [1.165, 1.54) is 6.92 Å². The van der Waals surface area contributed by atoms with E-state index < -0.39 is 37.2 Å². The van der Waals surface area contributed by atoms with E-state index in [2.05, 4.69) is 38.0 Å². The molecule has 1 unspecified atom stereocenters. The standard InChI is InChI=1S/C11H19NO2.C6H9BO6.C6H8O.C5H11NO2.C3H9N.Na.H/c1-4-6-7-10(3)12(8-5-2)9-11(13)14;1-4(8)11-7(12-5(2)9)13-6(3)10;1-3-4-5-6(2)7;1-2-3-6-4-5(7)8;1-2-3-4;;/h1,10H,5-9H2,2-3H3,(H,13,14);1-3H3;1H,4-5H2,2H3;6H,2-4H2,1H3,(H,7,8);2-4H2,1H3;;/q;;;;;+1;-1. The fourth-order valence-electron chi connectivity index (χ4n) is 2.49. The summed E-state index contributed by atoms with van der Waals surface area (Å²) in [6.07, 6.45) is 15.8. The Morgan fingerprint density at radius 1 is 0.851 bits per heavy atom. The van der Waals surface area contributed by atoms with Gasteiger partial charge in [0.25, 0.3) is 17.9 Å².